The third-order valence-corrected chi connectivity index (χ3v) is 5.48. The zero-order chi connectivity index (χ0) is 19.0. The molecule has 1 heterocycles. The van der Waals surface area contributed by atoms with Crippen molar-refractivity contribution in [3.8, 4) is 5.75 Å². The Kier molecular flexibility index (Phi) is 10.4. The summed E-state index contributed by atoms with van der Waals surface area (Å²) in [5.74, 6) is 1.55. The van der Waals surface area contributed by atoms with Crippen molar-refractivity contribution in [2.75, 3.05) is 52.3 Å². The number of hydrogen-bond donors (Lipinski definition) is 2. The van der Waals surface area contributed by atoms with Crippen LogP contribution in [-0.2, 0) is 9.84 Å². The van der Waals surface area contributed by atoms with E-state index >= 15 is 0 Å². The number of benzene rings is 1. The first-order valence-corrected chi connectivity index (χ1v) is 11.0. The Morgan fingerprint density at radius 3 is 2.37 bits per heavy atom. The van der Waals surface area contributed by atoms with E-state index in [1.807, 2.05) is 12.1 Å². The van der Waals surface area contributed by atoms with Crippen LogP contribution >= 0.6 is 24.0 Å². The zero-order valence-electron chi connectivity index (χ0n) is 16.3. The Hall–Kier alpha value is -1.07. The molecular formula is C18H31IN4O3S. The average molecular weight is 510 g/mol. The molecule has 1 fully saturated rings. The van der Waals surface area contributed by atoms with Gasteiger partial charge in [0.05, 0.1) is 18.9 Å². The number of nitrogens with zero attached hydrogens (tertiary/aromatic N) is 2. The molecule has 154 valence electrons. The lowest BCUT2D eigenvalue weighted by molar-refractivity contribution is 0.245. The maximum atomic E-state index is 11.3. The minimum atomic E-state index is -2.99. The van der Waals surface area contributed by atoms with Gasteiger partial charge in [0.25, 0.3) is 0 Å². The normalized spacial score (nSPS) is 16.5. The molecule has 0 saturated carbocycles. The smallest absolute Gasteiger partial charge is 0.191 e. The van der Waals surface area contributed by atoms with Gasteiger partial charge < -0.3 is 15.4 Å². The van der Waals surface area contributed by atoms with Gasteiger partial charge in [0.15, 0.2) is 5.96 Å². The van der Waals surface area contributed by atoms with E-state index in [0.717, 1.165) is 18.8 Å². The SMILES string of the molecule is CN=C(NCCS(C)(=O)=O)NCC(c1ccc(OC)cc1)N1CCCC1.I. The number of halogens is 1. The van der Waals surface area contributed by atoms with Crippen molar-refractivity contribution in [3.05, 3.63) is 29.8 Å². The van der Waals surface area contributed by atoms with Gasteiger partial charge in [0, 0.05) is 26.4 Å². The quantitative estimate of drug-likeness (QED) is 0.315. The van der Waals surface area contributed by atoms with E-state index in [4.69, 9.17) is 4.74 Å². The van der Waals surface area contributed by atoms with Crippen molar-refractivity contribution in [1.29, 1.82) is 0 Å². The van der Waals surface area contributed by atoms with Gasteiger partial charge in [-0.05, 0) is 43.6 Å². The number of aliphatic imine (C=N–C) groups is 1. The molecule has 0 radical (unpaired) electrons. The van der Waals surface area contributed by atoms with Crippen LogP contribution < -0.4 is 15.4 Å². The molecule has 1 aliphatic rings. The van der Waals surface area contributed by atoms with Gasteiger partial charge in [0.1, 0.15) is 15.6 Å². The zero-order valence-corrected chi connectivity index (χ0v) is 19.4. The third-order valence-electron chi connectivity index (χ3n) is 4.53. The van der Waals surface area contributed by atoms with E-state index in [-0.39, 0.29) is 35.8 Å². The fourth-order valence-corrected chi connectivity index (χ4v) is 3.58. The highest BCUT2D eigenvalue weighted by Gasteiger charge is 2.23. The number of likely N-dealkylation sites (tertiary alicyclic amines) is 1. The molecule has 1 unspecified atom stereocenters. The van der Waals surface area contributed by atoms with Crippen molar-refractivity contribution in [2.45, 2.75) is 18.9 Å². The molecule has 0 aromatic heterocycles. The highest BCUT2D eigenvalue weighted by atomic mass is 127. The first-order chi connectivity index (χ1) is 12.4. The summed E-state index contributed by atoms with van der Waals surface area (Å²) in [6, 6.07) is 8.40. The lowest BCUT2D eigenvalue weighted by Crippen LogP contribution is -2.43. The second kappa shape index (κ2) is 11.7. The van der Waals surface area contributed by atoms with E-state index in [1.165, 1.54) is 24.7 Å². The standard InChI is InChI=1S/C18H30N4O3S.HI/c1-19-18(20-10-13-26(3,23)24)21-14-17(22-11-4-5-12-22)15-6-8-16(25-2)9-7-15;/h6-9,17H,4-5,10-14H2,1-3H3,(H2,19,20,21);1H. The number of guanidine groups is 1. The molecule has 9 heteroatoms. The minimum absolute atomic E-state index is 0. The van der Waals surface area contributed by atoms with Gasteiger partial charge in [-0.15, -0.1) is 24.0 Å². The molecule has 2 N–H and O–H groups in total. The Morgan fingerprint density at radius 1 is 1.22 bits per heavy atom. The number of rotatable bonds is 8. The summed E-state index contributed by atoms with van der Waals surface area (Å²) in [7, 11) is 0.368. The van der Waals surface area contributed by atoms with Crippen LogP contribution in [0.4, 0.5) is 0 Å². The summed E-state index contributed by atoms with van der Waals surface area (Å²) in [4.78, 5) is 6.66. The predicted molar refractivity (Wildman–Crippen MR) is 121 cm³/mol. The molecule has 1 aromatic rings. The first kappa shape index (κ1) is 24.0. The molecule has 7 nitrogen and oxygen atoms in total. The maximum Gasteiger partial charge on any atom is 0.191 e. The number of hydrogen-bond acceptors (Lipinski definition) is 5. The van der Waals surface area contributed by atoms with Crippen LogP contribution in [0.5, 0.6) is 5.75 Å². The second-order valence-electron chi connectivity index (χ2n) is 6.54. The minimum Gasteiger partial charge on any atom is -0.497 e. The monoisotopic (exact) mass is 510 g/mol. The Bertz CT molecular complexity index is 689. The number of sulfone groups is 1. The summed E-state index contributed by atoms with van der Waals surface area (Å²) in [5.41, 5.74) is 1.23. The summed E-state index contributed by atoms with van der Waals surface area (Å²) < 4.78 is 27.8. The number of ether oxygens (including phenoxy) is 1. The molecule has 2 rings (SSSR count). The maximum absolute atomic E-state index is 11.3. The lowest BCUT2D eigenvalue weighted by Gasteiger charge is -2.29. The van der Waals surface area contributed by atoms with Crippen LogP contribution in [0.1, 0.15) is 24.4 Å². The molecule has 1 saturated heterocycles. The van der Waals surface area contributed by atoms with Gasteiger partial charge in [-0.3, -0.25) is 9.89 Å². The number of nitrogens with one attached hydrogen (secondary N) is 2. The van der Waals surface area contributed by atoms with Crippen LogP contribution in [0.3, 0.4) is 0 Å². The lowest BCUT2D eigenvalue weighted by atomic mass is 10.1. The average Bonchev–Trinajstić information content (AvgIpc) is 3.14. The largest absolute Gasteiger partial charge is 0.497 e. The van der Waals surface area contributed by atoms with Gasteiger partial charge in [0.2, 0.25) is 0 Å². The van der Waals surface area contributed by atoms with Crippen molar-refractivity contribution in [3.63, 3.8) is 0 Å². The van der Waals surface area contributed by atoms with Crippen LogP contribution in [0.15, 0.2) is 29.3 Å². The van der Waals surface area contributed by atoms with E-state index in [0.29, 0.717) is 19.0 Å². The van der Waals surface area contributed by atoms with E-state index in [1.54, 1.807) is 14.2 Å². The van der Waals surface area contributed by atoms with E-state index < -0.39 is 9.84 Å². The molecule has 1 atom stereocenters. The van der Waals surface area contributed by atoms with Crippen LogP contribution in [-0.4, -0.2) is 71.6 Å². The Labute approximate surface area is 179 Å². The predicted octanol–water partition coefficient (Wildman–Crippen LogP) is 1.66. The summed E-state index contributed by atoms with van der Waals surface area (Å²) in [6.07, 6.45) is 3.67. The summed E-state index contributed by atoms with van der Waals surface area (Å²) in [5, 5.41) is 6.39. The van der Waals surface area contributed by atoms with Gasteiger partial charge >= 0.3 is 0 Å². The molecule has 0 spiro atoms. The highest BCUT2D eigenvalue weighted by Crippen LogP contribution is 2.26. The second-order valence-corrected chi connectivity index (χ2v) is 8.80. The topological polar surface area (TPSA) is 83.0 Å². The number of methoxy groups -OCH3 is 1. The molecular weight excluding hydrogens is 479 g/mol. The van der Waals surface area contributed by atoms with Crippen molar-refractivity contribution >= 4 is 39.8 Å². The van der Waals surface area contributed by atoms with Crippen LogP contribution in [0, 0.1) is 0 Å². The van der Waals surface area contributed by atoms with Gasteiger partial charge in [-0.2, -0.15) is 0 Å². The third kappa shape index (κ3) is 8.22. The van der Waals surface area contributed by atoms with E-state index in [9.17, 15) is 8.42 Å². The molecule has 1 aliphatic heterocycles. The Morgan fingerprint density at radius 2 is 1.85 bits per heavy atom. The molecule has 27 heavy (non-hydrogen) atoms. The van der Waals surface area contributed by atoms with Gasteiger partial charge in [-0.1, -0.05) is 12.1 Å². The van der Waals surface area contributed by atoms with E-state index in [2.05, 4.69) is 32.7 Å². The molecule has 1 aromatic carbocycles. The van der Waals surface area contributed by atoms with Crippen molar-refractivity contribution in [1.82, 2.24) is 15.5 Å². The first-order valence-electron chi connectivity index (χ1n) is 8.93. The fraction of sp³-hybridized carbons (Fsp3) is 0.611. The molecule has 0 amide bonds. The highest BCUT2D eigenvalue weighted by molar-refractivity contribution is 14.0. The van der Waals surface area contributed by atoms with Crippen LogP contribution in [0.25, 0.3) is 0 Å². The fourth-order valence-electron chi connectivity index (χ4n) is 3.11. The van der Waals surface area contributed by atoms with Crippen molar-refractivity contribution in [2.24, 2.45) is 4.99 Å². The van der Waals surface area contributed by atoms with Gasteiger partial charge in [-0.25, -0.2) is 8.42 Å². The summed E-state index contributed by atoms with van der Waals surface area (Å²) in [6.45, 7) is 3.21. The Balaban J connectivity index is 0.00000364. The molecule has 0 bridgehead atoms. The van der Waals surface area contributed by atoms with Crippen molar-refractivity contribution < 1.29 is 13.2 Å². The molecule has 0 aliphatic carbocycles. The summed E-state index contributed by atoms with van der Waals surface area (Å²) >= 11 is 0. The van der Waals surface area contributed by atoms with Crippen LogP contribution in [0.2, 0.25) is 0 Å².